The molecule has 0 heterocycles. The van der Waals surface area contributed by atoms with E-state index in [-0.39, 0.29) is 6.61 Å². The lowest BCUT2D eigenvalue weighted by atomic mass is 10.2. The van der Waals surface area contributed by atoms with Crippen molar-refractivity contribution in [2.45, 2.75) is 6.54 Å². The molecular weight excluding hydrogens is 256 g/mol. The Morgan fingerprint density at radius 1 is 1.50 bits per heavy atom. The molecule has 1 aromatic carbocycles. The Balaban J connectivity index is 2.64. The number of carbonyl (C=O) groups is 1. The van der Waals surface area contributed by atoms with Gasteiger partial charge in [-0.2, -0.15) is 0 Å². The smallest absolute Gasteiger partial charge is 0.255 e. The van der Waals surface area contributed by atoms with Crippen molar-refractivity contribution in [3.63, 3.8) is 0 Å². The van der Waals surface area contributed by atoms with Gasteiger partial charge in [-0.3, -0.25) is 4.79 Å². The Kier molecular flexibility index (Phi) is 6.49. The van der Waals surface area contributed by atoms with Crippen LogP contribution in [0.2, 0.25) is 5.02 Å². The molecule has 0 saturated carbocycles. The van der Waals surface area contributed by atoms with Gasteiger partial charge in [-0.15, -0.1) is 0 Å². The van der Waals surface area contributed by atoms with Gasteiger partial charge in [-0.05, 0) is 12.1 Å². The summed E-state index contributed by atoms with van der Waals surface area (Å²) in [5.41, 5.74) is 5.84. The van der Waals surface area contributed by atoms with Gasteiger partial charge in [-0.1, -0.05) is 17.7 Å². The molecule has 18 heavy (non-hydrogen) atoms. The van der Waals surface area contributed by atoms with Crippen molar-refractivity contribution in [3.8, 4) is 5.75 Å². The predicted molar refractivity (Wildman–Crippen MR) is 69.7 cm³/mol. The molecule has 1 rings (SSSR count). The number of benzene rings is 1. The molecule has 0 saturated heterocycles. The highest BCUT2D eigenvalue weighted by atomic mass is 35.5. The third-order valence-corrected chi connectivity index (χ3v) is 2.58. The lowest BCUT2D eigenvalue weighted by Gasteiger charge is -2.12. The quantitative estimate of drug-likeness (QED) is 0.691. The Bertz CT molecular complexity index is 399. The van der Waals surface area contributed by atoms with Crippen LogP contribution >= 0.6 is 11.6 Å². The summed E-state index contributed by atoms with van der Waals surface area (Å²) >= 11 is 6.09. The third-order valence-electron chi connectivity index (χ3n) is 2.23. The Morgan fingerprint density at radius 3 is 2.94 bits per heavy atom. The first-order chi connectivity index (χ1) is 8.65. The molecule has 0 atom stereocenters. The number of halogens is 1. The van der Waals surface area contributed by atoms with Crippen LogP contribution in [0.3, 0.4) is 0 Å². The maximum Gasteiger partial charge on any atom is 0.255 e. The molecule has 0 bridgehead atoms. The summed E-state index contributed by atoms with van der Waals surface area (Å²) in [7, 11) is 1.64. The topological polar surface area (TPSA) is 73.6 Å². The number of methoxy groups -OCH3 is 1. The van der Waals surface area contributed by atoms with E-state index in [9.17, 15) is 4.79 Å². The van der Waals surface area contributed by atoms with Gasteiger partial charge in [0.1, 0.15) is 5.75 Å². The van der Waals surface area contributed by atoms with E-state index in [4.69, 9.17) is 26.8 Å². The van der Waals surface area contributed by atoms with Gasteiger partial charge in [0.15, 0.2) is 6.61 Å². The fourth-order valence-corrected chi connectivity index (χ4v) is 1.61. The van der Waals surface area contributed by atoms with Crippen LogP contribution in [-0.2, 0) is 16.1 Å². The zero-order chi connectivity index (χ0) is 13.4. The summed E-state index contributed by atoms with van der Waals surface area (Å²) < 4.78 is 10.2. The minimum Gasteiger partial charge on any atom is -0.483 e. The molecule has 5 nitrogen and oxygen atoms in total. The molecule has 0 radical (unpaired) electrons. The number of nitrogens with one attached hydrogen (secondary N) is 1. The molecule has 1 aromatic rings. The molecule has 0 aliphatic carbocycles. The first kappa shape index (κ1) is 14.8. The van der Waals surface area contributed by atoms with Gasteiger partial charge in [-0.25, -0.2) is 0 Å². The van der Waals surface area contributed by atoms with Crippen LogP contribution in [0.1, 0.15) is 5.56 Å². The summed E-state index contributed by atoms with van der Waals surface area (Å²) in [5, 5.41) is 3.75. The standard InChI is InChI=1S/C12H17ClN2O3/c1-17-6-5-15-7-9-10(13)3-2-4-11(9)18-8-12(14)16/h2-4,15H,5-8H2,1H3,(H2,14,16). The zero-order valence-electron chi connectivity index (χ0n) is 10.2. The molecule has 0 spiro atoms. The number of amides is 1. The Hall–Kier alpha value is -1.30. The second-order valence-corrected chi connectivity index (χ2v) is 4.05. The van der Waals surface area contributed by atoms with Crippen molar-refractivity contribution in [2.24, 2.45) is 5.73 Å². The van der Waals surface area contributed by atoms with Crippen molar-refractivity contribution in [2.75, 3.05) is 26.9 Å². The average molecular weight is 273 g/mol. The number of nitrogens with two attached hydrogens (primary N) is 1. The molecule has 0 aliphatic rings. The first-order valence-electron chi connectivity index (χ1n) is 5.53. The summed E-state index contributed by atoms with van der Waals surface area (Å²) in [4.78, 5) is 10.7. The van der Waals surface area contributed by atoms with Gasteiger partial charge in [0, 0.05) is 30.8 Å². The van der Waals surface area contributed by atoms with Crippen molar-refractivity contribution in [1.82, 2.24) is 5.32 Å². The molecule has 1 amide bonds. The van der Waals surface area contributed by atoms with E-state index in [0.717, 1.165) is 5.56 Å². The van der Waals surface area contributed by atoms with Crippen LogP contribution in [0, 0.1) is 0 Å². The van der Waals surface area contributed by atoms with Gasteiger partial charge >= 0.3 is 0 Å². The molecule has 3 N–H and O–H groups in total. The maximum absolute atomic E-state index is 10.7. The monoisotopic (exact) mass is 272 g/mol. The molecule has 0 unspecified atom stereocenters. The summed E-state index contributed by atoms with van der Waals surface area (Å²) in [5.74, 6) is 0.0412. The van der Waals surface area contributed by atoms with E-state index in [2.05, 4.69) is 5.32 Å². The molecule has 6 heteroatoms. The van der Waals surface area contributed by atoms with Crippen LogP contribution in [0.4, 0.5) is 0 Å². The summed E-state index contributed by atoms with van der Waals surface area (Å²) in [6.45, 7) is 1.70. The van der Waals surface area contributed by atoms with E-state index in [1.54, 1.807) is 25.3 Å². The van der Waals surface area contributed by atoms with Crippen molar-refractivity contribution in [3.05, 3.63) is 28.8 Å². The minimum atomic E-state index is -0.520. The Morgan fingerprint density at radius 2 is 2.28 bits per heavy atom. The van der Waals surface area contributed by atoms with Gasteiger partial charge in [0.05, 0.1) is 6.61 Å². The number of carbonyl (C=O) groups excluding carboxylic acids is 1. The van der Waals surface area contributed by atoms with Gasteiger partial charge < -0.3 is 20.5 Å². The van der Waals surface area contributed by atoms with E-state index < -0.39 is 5.91 Å². The van der Waals surface area contributed by atoms with Crippen molar-refractivity contribution in [1.29, 1.82) is 0 Å². The van der Waals surface area contributed by atoms with Gasteiger partial charge in [0.25, 0.3) is 5.91 Å². The van der Waals surface area contributed by atoms with E-state index in [0.29, 0.717) is 30.5 Å². The van der Waals surface area contributed by atoms with Gasteiger partial charge in [0.2, 0.25) is 0 Å². The highest BCUT2D eigenvalue weighted by Gasteiger charge is 2.08. The summed E-state index contributed by atoms with van der Waals surface area (Å²) in [6.07, 6.45) is 0. The number of hydrogen-bond acceptors (Lipinski definition) is 4. The first-order valence-corrected chi connectivity index (χ1v) is 5.91. The minimum absolute atomic E-state index is 0.161. The fraction of sp³-hybridized carbons (Fsp3) is 0.417. The van der Waals surface area contributed by atoms with E-state index in [1.165, 1.54) is 0 Å². The van der Waals surface area contributed by atoms with Crippen LogP contribution < -0.4 is 15.8 Å². The molecule has 0 fully saturated rings. The van der Waals surface area contributed by atoms with Crippen LogP contribution in [0.5, 0.6) is 5.75 Å². The lowest BCUT2D eigenvalue weighted by molar-refractivity contribution is -0.119. The van der Waals surface area contributed by atoms with E-state index in [1.807, 2.05) is 0 Å². The zero-order valence-corrected chi connectivity index (χ0v) is 11.0. The van der Waals surface area contributed by atoms with E-state index >= 15 is 0 Å². The number of primary amides is 1. The molecular formula is C12H17ClN2O3. The summed E-state index contributed by atoms with van der Waals surface area (Å²) in [6, 6.07) is 5.28. The normalized spacial score (nSPS) is 10.3. The predicted octanol–water partition coefficient (Wildman–Crippen LogP) is 0.940. The second kappa shape index (κ2) is 7.92. The molecule has 0 aromatic heterocycles. The lowest BCUT2D eigenvalue weighted by Crippen LogP contribution is -2.22. The number of ether oxygens (including phenoxy) is 2. The fourth-order valence-electron chi connectivity index (χ4n) is 1.38. The highest BCUT2D eigenvalue weighted by Crippen LogP contribution is 2.26. The Labute approximate surface area is 111 Å². The highest BCUT2D eigenvalue weighted by molar-refractivity contribution is 6.31. The molecule has 100 valence electrons. The second-order valence-electron chi connectivity index (χ2n) is 3.64. The van der Waals surface area contributed by atoms with Crippen molar-refractivity contribution < 1.29 is 14.3 Å². The van der Waals surface area contributed by atoms with Crippen LogP contribution in [-0.4, -0.2) is 32.8 Å². The SMILES string of the molecule is COCCNCc1c(Cl)cccc1OCC(N)=O. The molecule has 0 aliphatic heterocycles. The van der Waals surface area contributed by atoms with Crippen LogP contribution in [0.25, 0.3) is 0 Å². The third kappa shape index (κ3) is 4.91. The number of rotatable bonds is 8. The average Bonchev–Trinajstić information content (AvgIpc) is 2.34. The van der Waals surface area contributed by atoms with Crippen LogP contribution in [0.15, 0.2) is 18.2 Å². The van der Waals surface area contributed by atoms with Crippen molar-refractivity contribution >= 4 is 17.5 Å². The maximum atomic E-state index is 10.7. The largest absolute Gasteiger partial charge is 0.483 e. The number of hydrogen-bond donors (Lipinski definition) is 2.